The van der Waals surface area contributed by atoms with Gasteiger partial charge in [0.2, 0.25) is 5.91 Å². The van der Waals surface area contributed by atoms with Crippen LogP contribution in [-0.4, -0.2) is 43.6 Å². The van der Waals surface area contributed by atoms with Crippen molar-refractivity contribution in [2.45, 2.75) is 32.2 Å². The van der Waals surface area contributed by atoms with E-state index >= 15 is 0 Å². The van der Waals surface area contributed by atoms with Gasteiger partial charge in [-0.15, -0.1) is 0 Å². The molecule has 0 N–H and O–H groups in total. The summed E-state index contributed by atoms with van der Waals surface area (Å²) < 4.78 is 1.97. The van der Waals surface area contributed by atoms with Gasteiger partial charge in [0.1, 0.15) is 5.82 Å². The number of likely N-dealkylation sites (tertiary alicyclic amines) is 1. The Morgan fingerprint density at radius 3 is 2.63 bits per heavy atom. The molecule has 1 saturated heterocycles. The number of rotatable bonds is 7. The number of amides is 1. The Kier molecular flexibility index (Phi) is 5.23. The predicted molar refractivity (Wildman–Crippen MR) is 102 cm³/mol. The number of pyridine rings is 1. The molecule has 0 saturated carbocycles. The van der Waals surface area contributed by atoms with Gasteiger partial charge in [0.25, 0.3) is 0 Å². The minimum Gasteiger partial charge on any atom is -0.342 e. The van der Waals surface area contributed by atoms with E-state index in [0.29, 0.717) is 25.9 Å². The summed E-state index contributed by atoms with van der Waals surface area (Å²) in [4.78, 5) is 22.8. The van der Waals surface area contributed by atoms with E-state index in [1.54, 1.807) is 6.20 Å². The molecule has 1 aliphatic rings. The van der Waals surface area contributed by atoms with Crippen LogP contribution >= 0.6 is 0 Å². The van der Waals surface area contributed by atoms with E-state index in [1.807, 2.05) is 46.1 Å². The second-order valence-electron chi connectivity index (χ2n) is 6.86. The van der Waals surface area contributed by atoms with E-state index in [2.05, 4.69) is 17.1 Å². The van der Waals surface area contributed by atoms with Gasteiger partial charge < -0.3 is 4.90 Å². The average molecular weight is 361 g/mol. The third-order valence-electron chi connectivity index (χ3n) is 4.83. The van der Waals surface area contributed by atoms with Gasteiger partial charge in [-0.1, -0.05) is 36.4 Å². The summed E-state index contributed by atoms with van der Waals surface area (Å²) in [6, 6.07) is 14.2. The summed E-state index contributed by atoms with van der Waals surface area (Å²) in [7, 11) is 0. The van der Waals surface area contributed by atoms with Crippen LogP contribution in [0, 0.1) is 0 Å². The number of nitrogens with zero attached hydrogens (tertiary/aromatic N) is 5. The van der Waals surface area contributed by atoms with Crippen molar-refractivity contribution in [2.75, 3.05) is 13.1 Å². The molecule has 6 heteroatoms. The minimum atomic E-state index is 0.250. The molecule has 3 aromatic rings. The van der Waals surface area contributed by atoms with Gasteiger partial charge in [0, 0.05) is 44.7 Å². The van der Waals surface area contributed by atoms with Crippen LogP contribution in [0.4, 0.5) is 0 Å². The summed E-state index contributed by atoms with van der Waals surface area (Å²) in [6.07, 6.45) is 6.62. The smallest absolute Gasteiger partial charge is 0.222 e. The largest absolute Gasteiger partial charge is 0.342 e. The Labute approximate surface area is 158 Å². The molecule has 138 valence electrons. The highest BCUT2D eigenvalue weighted by Crippen LogP contribution is 2.13. The lowest BCUT2D eigenvalue weighted by atomic mass is 10.2. The Bertz CT molecular complexity index is 891. The van der Waals surface area contributed by atoms with Gasteiger partial charge in [0.15, 0.2) is 5.82 Å². The zero-order valence-electron chi connectivity index (χ0n) is 15.3. The molecule has 0 spiro atoms. The molecular weight excluding hydrogens is 338 g/mol. The molecule has 1 aliphatic heterocycles. The van der Waals surface area contributed by atoms with Crippen molar-refractivity contribution >= 4 is 5.91 Å². The highest BCUT2D eigenvalue weighted by Gasteiger charge is 2.21. The molecule has 27 heavy (non-hydrogen) atoms. The van der Waals surface area contributed by atoms with Crippen LogP contribution in [0.3, 0.4) is 0 Å². The van der Waals surface area contributed by atoms with E-state index in [4.69, 9.17) is 10.1 Å². The summed E-state index contributed by atoms with van der Waals surface area (Å²) in [6.45, 7) is 2.25. The first-order valence-corrected chi connectivity index (χ1v) is 9.41. The van der Waals surface area contributed by atoms with Crippen molar-refractivity contribution < 1.29 is 4.79 Å². The maximum Gasteiger partial charge on any atom is 0.222 e. The van der Waals surface area contributed by atoms with Crippen molar-refractivity contribution in [1.82, 2.24) is 24.6 Å². The summed E-state index contributed by atoms with van der Waals surface area (Å²) in [5, 5.41) is 4.74. The number of carbonyl (C=O) groups is 1. The second kappa shape index (κ2) is 8.12. The van der Waals surface area contributed by atoms with Gasteiger partial charge in [-0.05, 0) is 23.6 Å². The van der Waals surface area contributed by atoms with E-state index in [-0.39, 0.29) is 5.91 Å². The van der Waals surface area contributed by atoms with Crippen molar-refractivity contribution in [3.05, 3.63) is 77.6 Å². The molecule has 0 unspecified atom stereocenters. The third-order valence-corrected chi connectivity index (χ3v) is 4.83. The molecule has 3 heterocycles. The Morgan fingerprint density at radius 2 is 1.89 bits per heavy atom. The lowest BCUT2D eigenvalue weighted by Gasteiger charge is -2.15. The van der Waals surface area contributed by atoms with E-state index in [9.17, 15) is 4.79 Å². The van der Waals surface area contributed by atoms with Crippen LogP contribution in [0.15, 0.2) is 54.9 Å². The molecule has 0 radical (unpaired) electrons. The average Bonchev–Trinajstić information content (AvgIpc) is 3.27. The Balaban J connectivity index is 1.53. The molecule has 0 aliphatic carbocycles. The SMILES string of the molecule is O=C1CCCN1CCc1nc(Cc2cccnc2)nn1Cc1ccccc1. The Hall–Kier alpha value is -3.02. The van der Waals surface area contributed by atoms with Crippen molar-refractivity contribution in [2.24, 2.45) is 0 Å². The zero-order valence-corrected chi connectivity index (χ0v) is 15.3. The van der Waals surface area contributed by atoms with Gasteiger partial charge in [-0.3, -0.25) is 9.78 Å². The fourth-order valence-corrected chi connectivity index (χ4v) is 3.43. The molecule has 1 fully saturated rings. The lowest BCUT2D eigenvalue weighted by molar-refractivity contribution is -0.127. The topological polar surface area (TPSA) is 63.9 Å². The predicted octanol–water partition coefficient (Wildman–Crippen LogP) is 2.48. The highest BCUT2D eigenvalue weighted by atomic mass is 16.2. The van der Waals surface area contributed by atoms with Crippen LogP contribution in [0.25, 0.3) is 0 Å². The van der Waals surface area contributed by atoms with Crippen LogP contribution in [0.1, 0.15) is 35.6 Å². The molecule has 4 rings (SSSR count). The summed E-state index contributed by atoms with van der Waals surface area (Å²) >= 11 is 0. The lowest BCUT2D eigenvalue weighted by Crippen LogP contribution is -2.27. The number of hydrogen-bond acceptors (Lipinski definition) is 4. The van der Waals surface area contributed by atoms with Crippen molar-refractivity contribution in [1.29, 1.82) is 0 Å². The highest BCUT2D eigenvalue weighted by molar-refractivity contribution is 5.78. The molecular formula is C21H23N5O. The molecule has 1 aromatic carbocycles. The first-order chi connectivity index (χ1) is 13.3. The second-order valence-corrected chi connectivity index (χ2v) is 6.86. The fraction of sp³-hybridized carbons (Fsp3) is 0.333. The standard InChI is InChI=1S/C21H23N5O/c27-21-9-5-12-25(21)13-10-20-23-19(14-18-8-4-11-22-15-18)24-26(20)16-17-6-2-1-3-7-17/h1-4,6-8,11,15H,5,9-10,12-14,16H2. The number of benzene rings is 1. The molecule has 0 bridgehead atoms. The van der Waals surface area contributed by atoms with Gasteiger partial charge in [-0.2, -0.15) is 5.10 Å². The quantitative estimate of drug-likeness (QED) is 0.649. The number of carbonyl (C=O) groups excluding carboxylic acids is 1. The third kappa shape index (κ3) is 4.39. The van der Waals surface area contributed by atoms with Crippen LogP contribution in [-0.2, 0) is 24.2 Å². The first kappa shape index (κ1) is 17.4. The van der Waals surface area contributed by atoms with Gasteiger partial charge in [0.05, 0.1) is 6.54 Å². The normalized spacial score (nSPS) is 14.1. The molecule has 6 nitrogen and oxygen atoms in total. The van der Waals surface area contributed by atoms with Crippen LogP contribution in [0.5, 0.6) is 0 Å². The zero-order chi connectivity index (χ0) is 18.5. The molecule has 1 amide bonds. The van der Waals surface area contributed by atoms with Crippen molar-refractivity contribution in [3.63, 3.8) is 0 Å². The van der Waals surface area contributed by atoms with Gasteiger partial charge >= 0.3 is 0 Å². The maximum absolute atomic E-state index is 11.9. The monoisotopic (exact) mass is 361 g/mol. The summed E-state index contributed by atoms with van der Waals surface area (Å²) in [5.41, 5.74) is 2.28. The Morgan fingerprint density at radius 1 is 1.04 bits per heavy atom. The van der Waals surface area contributed by atoms with Crippen LogP contribution in [0.2, 0.25) is 0 Å². The van der Waals surface area contributed by atoms with Gasteiger partial charge in [-0.25, -0.2) is 9.67 Å². The van der Waals surface area contributed by atoms with Crippen LogP contribution < -0.4 is 0 Å². The van der Waals surface area contributed by atoms with E-state index < -0.39 is 0 Å². The maximum atomic E-state index is 11.9. The van der Waals surface area contributed by atoms with E-state index in [1.165, 1.54) is 5.56 Å². The number of hydrogen-bond donors (Lipinski definition) is 0. The summed E-state index contributed by atoms with van der Waals surface area (Å²) in [5.74, 6) is 1.97. The first-order valence-electron chi connectivity index (χ1n) is 9.41. The fourth-order valence-electron chi connectivity index (χ4n) is 3.43. The minimum absolute atomic E-state index is 0.250. The number of aromatic nitrogens is 4. The van der Waals surface area contributed by atoms with E-state index in [0.717, 1.165) is 36.6 Å². The molecule has 0 atom stereocenters. The van der Waals surface area contributed by atoms with Crippen molar-refractivity contribution in [3.8, 4) is 0 Å². The molecule has 2 aromatic heterocycles.